The number of ether oxygens (including phenoxy) is 2. The first kappa shape index (κ1) is 18.6. The van der Waals surface area contributed by atoms with Crippen molar-refractivity contribution >= 4 is 23.2 Å². The second-order valence-corrected chi connectivity index (χ2v) is 5.75. The van der Waals surface area contributed by atoms with Gasteiger partial charge in [-0.05, 0) is 55.8 Å². The van der Waals surface area contributed by atoms with Gasteiger partial charge in [-0.15, -0.1) is 0 Å². The lowest BCUT2D eigenvalue weighted by molar-refractivity contribution is -0.123. The minimum atomic E-state index is -0.389. The molecule has 1 amide bonds. The number of benzene rings is 2. The summed E-state index contributed by atoms with van der Waals surface area (Å²) in [6, 6.07) is 9.98. The molecule has 0 aliphatic carbocycles. The van der Waals surface area contributed by atoms with E-state index in [4.69, 9.17) is 21.1 Å². The zero-order chi connectivity index (χ0) is 18.4. The largest absolute Gasteiger partial charge is 0.504 e. The van der Waals surface area contributed by atoms with Crippen LogP contribution in [0.15, 0.2) is 41.5 Å². The Morgan fingerprint density at radius 3 is 2.68 bits per heavy atom. The number of phenolic OH excluding ortho intramolecular Hbond substituents is 1. The van der Waals surface area contributed by atoms with Crippen LogP contribution in [0.4, 0.5) is 0 Å². The van der Waals surface area contributed by atoms with Crippen molar-refractivity contribution in [3.8, 4) is 17.2 Å². The van der Waals surface area contributed by atoms with Crippen molar-refractivity contribution in [1.82, 2.24) is 5.43 Å². The Morgan fingerprint density at radius 2 is 2.00 bits per heavy atom. The molecule has 2 aromatic carbocycles. The first-order valence-electron chi connectivity index (χ1n) is 7.50. The van der Waals surface area contributed by atoms with Crippen molar-refractivity contribution in [3.63, 3.8) is 0 Å². The number of methoxy groups -OCH3 is 1. The number of aryl methyl sites for hydroxylation is 1. The van der Waals surface area contributed by atoms with E-state index in [1.54, 1.807) is 37.3 Å². The number of hydrogen-bond donors (Lipinski definition) is 2. The van der Waals surface area contributed by atoms with Crippen molar-refractivity contribution in [1.29, 1.82) is 0 Å². The summed E-state index contributed by atoms with van der Waals surface area (Å²) in [5.41, 5.74) is 4.55. The summed E-state index contributed by atoms with van der Waals surface area (Å²) in [6.45, 7) is 3.41. The van der Waals surface area contributed by atoms with E-state index in [0.717, 1.165) is 5.56 Å². The van der Waals surface area contributed by atoms with E-state index in [1.807, 2.05) is 6.92 Å². The van der Waals surface area contributed by atoms with Crippen LogP contribution in [-0.2, 0) is 4.79 Å². The molecule has 0 saturated carbocycles. The van der Waals surface area contributed by atoms with Crippen LogP contribution in [0.3, 0.4) is 0 Å². The molecule has 2 aromatic rings. The number of rotatable bonds is 6. The zero-order valence-electron chi connectivity index (χ0n) is 14.2. The maximum Gasteiger partial charge on any atom is 0.277 e. The van der Waals surface area contributed by atoms with Gasteiger partial charge in [0.05, 0.1) is 12.8 Å². The van der Waals surface area contributed by atoms with E-state index < -0.39 is 0 Å². The fourth-order valence-corrected chi connectivity index (χ4v) is 2.29. The molecule has 7 heteroatoms. The second-order valence-electron chi connectivity index (χ2n) is 5.32. The summed E-state index contributed by atoms with van der Waals surface area (Å²) in [4.78, 5) is 11.9. The normalized spacial score (nSPS) is 11.1. The highest BCUT2D eigenvalue weighted by Crippen LogP contribution is 2.26. The molecule has 0 aromatic heterocycles. The number of hydrazone groups is 1. The summed E-state index contributed by atoms with van der Waals surface area (Å²) >= 11 is 5.88. The number of amides is 1. The Balaban J connectivity index is 1.95. The van der Waals surface area contributed by atoms with Crippen molar-refractivity contribution < 1.29 is 19.4 Å². The minimum absolute atomic E-state index is 0.0369. The highest BCUT2D eigenvalue weighted by atomic mass is 35.5. The summed E-state index contributed by atoms with van der Waals surface area (Å²) in [5, 5.41) is 14.2. The third kappa shape index (κ3) is 5.12. The molecule has 0 aliphatic heterocycles. The smallest absolute Gasteiger partial charge is 0.277 e. The number of carbonyl (C=O) groups excluding carboxylic acids is 1. The molecular weight excluding hydrogens is 344 g/mol. The SMILES string of the molecule is COc1cc(/C(C)=N/NC(=O)COc2ccc(Cl)cc2C)ccc1O. The highest BCUT2D eigenvalue weighted by Gasteiger charge is 2.07. The number of carbonyl (C=O) groups is 1. The Hall–Kier alpha value is -2.73. The number of nitrogens with zero attached hydrogens (tertiary/aromatic N) is 1. The third-order valence-electron chi connectivity index (χ3n) is 3.44. The number of hydrogen-bond acceptors (Lipinski definition) is 5. The Labute approximate surface area is 151 Å². The van der Waals surface area contributed by atoms with E-state index in [1.165, 1.54) is 13.2 Å². The summed E-state index contributed by atoms with van der Waals surface area (Å²) in [5.74, 6) is 0.567. The average Bonchev–Trinajstić information content (AvgIpc) is 2.59. The van der Waals surface area contributed by atoms with Gasteiger partial charge in [0.25, 0.3) is 5.91 Å². The Morgan fingerprint density at radius 1 is 1.24 bits per heavy atom. The predicted molar refractivity (Wildman–Crippen MR) is 96.7 cm³/mol. The predicted octanol–water partition coefficient (Wildman–Crippen LogP) is 3.28. The first-order valence-corrected chi connectivity index (χ1v) is 7.88. The summed E-state index contributed by atoms with van der Waals surface area (Å²) in [7, 11) is 1.46. The van der Waals surface area contributed by atoms with Gasteiger partial charge in [-0.1, -0.05) is 11.6 Å². The maximum absolute atomic E-state index is 11.9. The topological polar surface area (TPSA) is 80.2 Å². The standard InChI is InChI=1S/C18H19ClN2O4/c1-11-8-14(19)5-7-16(11)25-10-18(23)21-20-12(2)13-4-6-15(22)17(9-13)24-3/h4-9,22H,10H2,1-3H3,(H,21,23)/b20-12+. The van der Waals surface area contributed by atoms with Gasteiger partial charge in [0, 0.05) is 10.6 Å². The molecule has 0 atom stereocenters. The molecule has 6 nitrogen and oxygen atoms in total. The molecule has 2 rings (SSSR count). The van der Waals surface area contributed by atoms with Crippen LogP contribution in [0.25, 0.3) is 0 Å². The van der Waals surface area contributed by atoms with E-state index in [9.17, 15) is 9.90 Å². The molecule has 0 radical (unpaired) electrons. The molecule has 0 aliphatic rings. The van der Waals surface area contributed by atoms with Crippen molar-refractivity contribution in [2.24, 2.45) is 5.10 Å². The van der Waals surface area contributed by atoms with E-state index in [2.05, 4.69) is 10.5 Å². The van der Waals surface area contributed by atoms with Crippen molar-refractivity contribution in [3.05, 3.63) is 52.5 Å². The minimum Gasteiger partial charge on any atom is -0.504 e. The summed E-state index contributed by atoms with van der Waals surface area (Å²) in [6.07, 6.45) is 0. The van der Waals surface area contributed by atoms with Crippen LogP contribution in [0, 0.1) is 6.92 Å². The Kier molecular flexibility index (Phi) is 6.25. The second kappa shape index (κ2) is 8.39. The molecule has 132 valence electrons. The quantitative estimate of drug-likeness (QED) is 0.610. The van der Waals surface area contributed by atoms with Gasteiger partial charge in [0.1, 0.15) is 5.75 Å². The van der Waals surface area contributed by atoms with E-state index in [-0.39, 0.29) is 18.3 Å². The van der Waals surface area contributed by atoms with Gasteiger partial charge in [-0.25, -0.2) is 5.43 Å². The number of phenols is 1. The van der Waals surface area contributed by atoms with Gasteiger partial charge in [-0.3, -0.25) is 4.79 Å². The first-order chi connectivity index (χ1) is 11.9. The fraction of sp³-hybridized carbons (Fsp3) is 0.222. The van der Waals surface area contributed by atoms with E-state index in [0.29, 0.717) is 27.8 Å². The van der Waals surface area contributed by atoms with Crippen LogP contribution in [0.1, 0.15) is 18.1 Å². The molecule has 0 saturated heterocycles. The third-order valence-corrected chi connectivity index (χ3v) is 3.68. The van der Waals surface area contributed by atoms with Gasteiger partial charge >= 0.3 is 0 Å². The van der Waals surface area contributed by atoms with Gasteiger partial charge in [0.2, 0.25) is 0 Å². The molecule has 0 spiro atoms. The lowest BCUT2D eigenvalue weighted by atomic mass is 10.1. The molecule has 0 fully saturated rings. The molecule has 2 N–H and O–H groups in total. The van der Waals surface area contributed by atoms with Crippen molar-refractivity contribution in [2.75, 3.05) is 13.7 Å². The van der Waals surface area contributed by atoms with Crippen LogP contribution < -0.4 is 14.9 Å². The van der Waals surface area contributed by atoms with Gasteiger partial charge in [-0.2, -0.15) is 5.10 Å². The molecule has 0 unspecified atom stereocenters. The molecule has 0 bridgehead atoms. The zero-order valence-corrected chi connectivity index (χ0v) is 14.9. The van der Waals surface area contributed by atoms with Crippen LogP contribution in [-0.4, -0.2) is 30.4 Å². The maximum atomic E-state index is 11.9. The van der Waals surface area contributed by atoms with Crippen LogP contribution >= 0.6 is 11.6 Å². The molecule has 25 heavy (non-hydrogen) atoms. The van der Waals surface area contributed by atoms with Crippen LogP contribution in [0.5, 0.6) is 17.2 Å². The van der Waals surface area contributed by atoms with E-state index >= 15 is 0 Å². The lowest BCUT2D eigenvalue weighted by Crippen LogP contribution is -2.25. The lowest BCUT2D eigenvalue weighted by Gasteiger charge is -2.09. The monoisotopic (exact) mass is 362 g/mol. The van der Waals surface area contributed by atoms with Crippen molar-refractivity contribution in [2.45, 2.75) is 13.8 Å². The Bertz CT molecular complexity index is 806. The fourth-order valence-electron chi connectivity index (χ4n) is 2.06. The number of nitrogens with one attached hydrogen (secondary N) is 1. The molecular formula is C18H19ClN2O4. The highest BCUT2D eigenvalue weighted by molar-refractivity contribution is 6.30. The summed E-state index contributed by atoms with van der Waals surface area (Å²) < 4.78 is 10.5. The molecule has 0 heterocycles. The van der Waals surface area contributed by atoms with Crippen LogP contribution in [0.2, 0.25) is 5.02 Å². The number of aromatic hydroxyl groups is 1. The van der Waals surface area contributed by atoms with Gasteiger partial charge in [0.15, 0.2) is 18.1 Å². The number of halogens is 1. The van der Waals surface area contributed by atoms with Gasteiger partial charge < -0.3 is 14.6 Å². The average molecular weight is 363 g/mol.